The van der Waals surface area contributed by atoms with Gasteiger partial charge in [0.05, 0.1) is 54.6 Å². The van der Waals surface area contributed by atoms with Gasteiger partial charge in [0.15, 0.2) is 5.82 Å². The van der Waals surface area contributed by atoms with Crippen molar-refractivity contribution in [2.45, 2.75) is 43.6 Å². The Bertz CT molecular complexity index is 1830. The minimum Gasteiger partial charge on any atom is -0.480 e. The fraction of sp³-hybridized carbons (Fsp3) is 0.364. The summed E-state index contributed by atoms with van der Waals surface area (Å²) in [5.74, 6) is -1.40. The molecule has 0 bridgehead atoms. The molecular formula is C33H30F2N6O5S. The molecule has 3 aliphatic heterocycles. The molecular weight excluding hydrogens is 630 g/mol. The van der Waals surface area contributed by atoms with E-state index in [1.54, 1.807) is 36.5 Å². The molecule has 0 aliphatic carbocycles. The third-order valence-electron chi connectivity index (χ3n) is 8.93. The lowest BCUT2D eigenvalue weighted by Gasteiger charge is -2.53. The van der Waals surface area contributed by atoms with Gasteiger partial charge in [-0.05, 0) is 42.1 Å². The Kier molecular flexibility index (Phi) is 8.21. The summed E-state index contributed by atoms with van der Waals surface area (Å²) < 4.78 is 45.9. The minimum atomic E-state index is -2.94. The third-order valence-corrected chi connectivity index (χ3v) is 9.82. The van der Waals surface area contributed by atoms with Crippen LogP contribution in [0.1, 0.15) is 31.2 Å². The van der Waals surface area contributed by atoms with Gasteiger partial charge in [-0.3, -0.25) is 0 Å². The van der Waals surface area contributed by atoms with E-state index in [2.05, 4.69) is 27.9 Å². The number of ether oxygens (including phenoxy) is 3. The highest BCUT2D eigenvalue weighted by atomic mass is 32.1. The van der Waals surface area contributed by atoms with E-state index in [-0.39, 0.29) is 24.8 Å². The summed E-state index contributed by atoms with van der Waals surface area (Å²) in [6.45, 7) is 4.08. The fourth-order valence-electron chi connectivity index (χ4n) is 6.34. The molecule has 47 heavy (non-hydrogen) atoms. The normalized spacial score (nSPS) is 21.9. The number of carboxylic acids is 1. The molecule has 7 rings (SSSR count). The number of anilines is 2. The monoisotopic (exact) mass is 660 g/mol. The first-order valence-electron chi connectivity index (χ1n) is 15.1. The Morgan fingerprint density at radius 2 is 2.02 bits per heavy atom. The lowest BCUT2D eigenvalue weighted by atomic mass is 9.90. The van der Waals surface area contributed by atoms with E-state index in [4.69, 9.17) is 19.2 Å². The van der Waals surface area contributed by atoms with Crippen LogP contribution in [0.3, 0.4) is 0 Å². The van der Waals surface area contributed by atoms with Gasteiger partial charge in [-0.2, -0.15) is 5.26 Å². The zero-order chi connectivity index (χ0) is 32.7. The molecule has 0 amide bonds. The van der Waals surface area contributed by atoms with Crippen molar-refractivity contribution < 1.29 is 32.9 Å². The fourth-order valence-corrected chi connectivity index (χ4v) is 7.03. The Morgan fingerprint density at radius 1 is 1.17 bits per heavy atom. The molecule has 3 aliphatic rings. The number of benzene rings is 1. The molecule has 0 saturated carbocycles. The first-order chi connectivity index (χ1) is 22.7. The molecule has 3 saturated heterocycles. The number of alkyl halides is 2. The van der Waals surface area contributed by atoms with E-state index in [9.17, 15) is 23.9 Å². The van der Waals surface area contributed by atoms with E-state index in [1.807, 2.05) is 23.6 Å². The first kappa shape index (κ1) is 30.9. The lowest BCUT2D eigenvalue weighted by Crippen LogP contribution is -2.68. The summed E-state index contributed by atoms with van der Waals surface area (Å²) in [5, 5.41) is 21.5. The second-order valence-corrected chi connectivity index (χ2v) is 12.7. The predicted octanol–water partition coefficient (Wildman–Crippen LogP) is 5.18. The average Bonchev–Trinajstić information content (AvgIpc) is 3.76. The van der Waals surface area contributed by atoms with Crippen LogP contribution < -0.4 is 14.5 Å². The predicted molar refractivity (Wildman–Crippen MR) is 169 cm³/mol. The molecule has 3 fully saturated rings. The number of halogens is 2. The number of hydrogen-bond acceptors (Lipinski definition) is 11. The van der Waals surface area contributed by atoms with Crippen molar-refractivity contribution in [1.82, 2.24) is 15.0 Å². The van der Waals surface area contributed by atoms with Gasteiger partial charge in [0.2, 0.25) is 5.88 Å². The van der Waals surface area contributed by atoms with Gasteiger partial charge in [0, 0.05) is 30.8 Å². The van der Waals surface area contributed by atoms with Crippen LogP contribution in [-0.4, -0.2) is 82.7 Å². The van der Waals surface area contributed by atoms with E-state index in [0.717, 1.165) is 11.1 Å². The summed E-state index contributed by atoms with van der Waals surface area (Å²) in [6, 6.07) is 15.3. The number of pyridine rings is 1. The third kappa shape index (κ3) is 5.86. The number of rotatable bonds is 8. The minimum absolute atomic E-state index is 0.0706. The van der Waals surface area contributed by atoms with Crippen LogP contribution >= 0.6 is 11.3 Å². The number of hydrogen-bond donors (Lipinski definition) is 1. The Morgan fingerprint density at radius 3 is 2.72 bits per heavy atom. The maximum atomic E-state index is 13.9. The highest BCUT2D eigenvalue weighted by molar-refractivity contribution is 7.13. The van der Waals surface area contributed by atoms with Gasteiger partial charge in [-0.15, -0.1) is 11.3 Å². The maximum absolute atomic E-state index is 13.9. The molecule has 3 atom stereocenters. The maximum Gasteiger partial charge on any atom is 0.326 e. The number of morpholine rings is 1. The molecule has 6 heterocycles. The molecule has 11 nitrogen and oxygen atoms in total. The van der Waals surface area contributed by atoms with Crippen molar-refractivity contribution in [3.8, 4) is 33.6 Å². The number of carboxylic acid groups (broad SMARTS) is 1. The molecule has 4 aromatic rings. The molecule has 1 spiro atoms. The smallest absolute Gasteiger partial charge is 0.326 e. The SMILES string of the molecule is C[C@@H]1N(c2cc(-c3cccc(C#N)c3)cnc2O[C@H]2C[C@@H](C(=O)O)N(c3cc(-c4cccs4)nc(C(F)F)n3)C2)CCOC12COC2. The quantitative estimate of drug-likeness (QED) is 0.268. The number of nitrogens with zero attached hydrogens (tertiary/aromatic N) is 6. The zero-order valence-electron chi connectivity index (χ0n) is 25.3. The molecule has 14 heteroatoms. The lowest BCUT2D eigenvalue weighted by molar-refractivity contribution is -0.228. The van der Waals surface area contributed by atoms with Crippen molar-refractivity contribution in [2.75, 3.05) is 42.7 Å². The summed E-state index contributed by atoms with van der Waals surface area (Å²) in [6.07, 6.45) is -1.86. The van der Waals surface area contributed by atoms with Crippen LogP contribution in [0, 0.1) is 11.3 Å². The Labute approximate surface area is 273 Å². The van der Waals surface area contributed by atoms with Crippen LogP contribution in [0.4, 0.5) is 20.3 Å². The van der Waals surface area contributed by atoms with Gasteiger partial charge < -0.3 is 29.1 Å². The van der Waals surface area contributed by atoms with E-state index in [0.29, 0.717) is 54.1 Å². The molecule has 1 aromatic carbocycles. The second kappa shape index (κ2) is 12.5. The van der Waals surface area contributed by atoms with Crippen LogP contribution in [0.2, 0.25) is 0 Å². The van der Waals surface area contributed by atoms with E-state index in [1.165, 1.54) is 16.2 Å². The van der Waals surface area contributed by atoms with Gasteiger partial charge in [-0.25, -0.2) is 28.5 Å². The van der Waals surface area contributed by atoms with Crippen LogP contribution in [0.25, 0.3) is 21.7 Å². The van der Waals surface area contributed by atoms with Crippen molar-refractivity contribution in [3.63, 3.8) is 0 Å². The Hall–Kier alpha value is -4.71. The topological polar surface area (TPSA) is 134 Å². The number of carbonyl (C=O) groups is 1. The summed E-state index contributed by atoms with van der Waals surface area (Å²) in [7, 11) is 0. The highest BCUT2D eigenvalue weighted by Gasteiger charge is 2.50. The summed E-state index contributed by atoms with van der Waals surface area (Å²) in [4.78, 5) is 29.6. The molecule has 1 N–H and O–H groups in total. The van der Waals surface area contributed by atoms with Crippen molar-refractivity contribution in [2.24, 2.45) is 0 Å². The van der Waals surface area contributed by atoms with Gasteiger partial charge in [-0.1, -0.05) is 18.2 Å². The van der Waals surface area contributed by atoms with Gasteiger partial charge >= 0.3 is 5.97 Å². The number of nitriles is 1. The first-order valence-corrected chi connectivity index (χ1v) is 16.0. The zero-order valence-corrected chi connectivity index (χ0v) is 26.1. The summed E-state index contributed by atoms with van der Waals surface area (Å²) in [5.41, 5.74) is 2.62. The number of aromatic nitrogens is 3. The number of aliphatic carboxylic acids is 1. The highest BCUT2D eigenvalue weighted by Crippen LogP contribution is 2.41. The van der Waals surface area contributed by atoms with Crippen LogP contribution in [0.15, 0.2) is 60.1 Å². The Balaban J connectivity index is 1.23. The standard InChI is InChI=1S/C33H30F2N6O5S/c1-19-33(17-44-18-33)45-8-7-40(19)25-11-22(21-5-2-4-20(10-21)14-36)15-37-31(25)46-23-12-26(32(42)43)41(16-23)28-13-24(27-6-3-9-47-27)38-30(39-28)29(34)35/h2-6,9-11,13,15,19,23,26,29H,7-8,12,16-18H2,1H3,(H,42,43)/t19-,23-,26-/m0/s1. The average molecular weight is 661 g/mol. The van der Waals surface area contributed by atoms with Crippen LogP contribution in [-0.2, 0) is 14.3 Å². The van der Waals surface area contributed by atoms with Crippen molar-refractivity contribution in [3.05, 3.63) is 71.5 Å². The van der Waals surface area contributed by atoms with Crippen molar-refractivity contribution in [1.29, 1.82) is 5.26 Å². The molecule has 0 unspecified atom stereocenters. The van der Waals surface area contributed by atoms with Gasteiger partial charge in [0.25, 0.3) is 6.43 Å². The van der Waals surface area contributed by atoms with Crippen LogP contribution in [0.5, 0.6) is 5.88 Å². The van der Waals surface area contributed by atoms with E-state index < -0.39 is 36.0 Å². The molecule has 3 aromatic heterocycles. The summed E-state index contributed by atoms with van der Waals surface area (Å²) >= 11 is 1.34. The van der Waals surface area contributed by atoms with Gasteiger partial charge in [0.1, 0.15) is 29.3 Å². The van der Waals surface area contributed by atoms with Crippen molar-refractivity contribution >= 4 is 28.8 Å². The molecule has 0 radical (unpaired) electrons. The van der Waals surface area contributed by atoms with E-state index >= 15 is 0 Å². The largest absolute Gasteiger partial charge is 0.480 e. The molecule has 242 valence electrons. The second-order valence-electron chi connectivity index (χ2n) is 11.7. The number of thiophene rings is 1.